The van der Waals surface area contributed by atoms with Crippen molar-refractivity contribution in [1.82, 2.24) is 0 Å². The maximum absolute atomic E-state index is 13.0. The number of hydrogen-bond donors (Lipinski definition) is 1. The monoisotopic (exact) mass is 406 g/mol. The Morgan fingerprint density at radius 2 is 1.83 bits per heavy atom. The molecular weight excluding hydrogens is 386 g/mol. The summed E-state index contributed by atoms with van der Waals surface area (Å²) in [5.41, 5.74) is 0.303. The van der Waals surface area contributed by atoms with Crippen LogP contribution < -0.4 is 9.47 Å². The van der Waals surface area contributed by atoms with E-state index in [0.717, 1.165) is 0 Å². The van der Waals surface area contributed by atoms with Gasteiger partial charge in [-0.05, 0) is 50.6 Å². The highest BCUT2D eigenvalue weighted by Gasteiger charge is 2.28. The van der Waals surface area contributed by atoms with Gasteiger partial charge < -0.3 is 23.7 Å². The Morgan fingerprint density at radius 1 is 1.14 bits per heavy atom. The Morgan fingerprint density at radius 3 is 2.45 bits per heavy atom. The number of fused-ring (bicyclic) bond motifs is 1. The lowest BCUT2D eigenvalue weighted by Crippen LogP contribution is -2.25. The van der Waals surface area contributed by atoms with E-state index in [1.807, 2.05) is 0 Å². The number of rotatable bonds is 5. The average Bonchev–Trinajstić information content (AvgIpc) is 3.01. The first-order valence-electron chi connectivity index (χ1n) is 8.70. The van der Waals surface area contributed by atoms with E-state index in [1.165, 1.54) is 37.6 Å². The Kier molecular flexibility index (Phi) is 5.37. The fourth-order valence-electron chi connectivity index (χ4n) is 2.87. The van der Waals surface area contributed by atoms with Gasteiger partial charge in [0.1, 0.15) is 34.0 Å². The van der Waals surface area contributed by atoms with Gasteiger partial charge >= 0.3 is 12.6 Å². The molecule has 0 radical (unpaired) electrons. The van der Waals surface area contributed by atoms with Crippen LogP contribution in [0.3, 0.4) is 0 Å². The van der Waals surface area contributed by atoms with E-state index in [9.17, 15) is 18.7 Å². The number of carbonyl (C=O) groups is 1. The number of halogens is 2. The van der Waals surface area contributed by atoms with Crippen LogP contribution in [0.15, 0.2) is 41.0 Å². The summed E-state index contributed by atoms with van der Waals surface area (Å²) in [7, 11) is 1.31. The van der Waals surface area contributed by atoms with Crippen molar-refractivity contribution in [2.75, 3.05) is 7.11 Å². The summed E-state index contributed by atoms with van der Waals surface area (Å²) in [6.45, 7) is 1.82. The lowest BCUT2D eigenvalue weighted by atomic mass is 10.0. The molecule has 0 spiro atoms. The first-order valence-corrected chi connectivity index (χ1v) is 8.70. The van der Waals surface area contributed by atoms with Crippen LogP contribution in [0.25, 0.3) is 22.1 Å². The molecule has 29 heavy (non-hydrogen) atoms. The number of ether oxygens (including phenoxy) is 3. The van der Waals surface area contributed by atoms with Gasteiger partial charge in [-0.1, -0.05) is 0 Å². The number of carbonyl (C=O) groups excluding carboxylic acids is 1. The van der Waals surface area contributed by atoms with Crippen molar-refractivity contribution in [3.05, 3.63) is 42.2 Å². The van der Waals surface area contributed by atoms with Gasteiger partial charge in [0, 0.05) is 17.0 Å². The van der Waals surface area contributed by atoms with Crippen LogP contribution in [0.5, 0.6) is 17.2 Å². The minimum atomic E-state index is -3.16. The van der Waals surface area contributed by atoms with Crippen molar-refractivity contribution in [3.8, 4) is 28.4 Å². The first kappa shape index (κ1) is 20.4. The molecule has 8 heteroatoms. The zero-order chi connectivity index (χ0) is 21.3. The molecule has 0 fully saturated rings. The molecule has 0 atom stereocenters. The lowest BCUT2D eigenvalue weighted by Gasteiger charge is -2.22. The molecular formula is C21H20F2O6. The van der Waals surface area contributed by atoms with Gasteiger partial charge in [-0.15, -0.1) is 0 Å². The van der Waals surface area contributed by atoms with Gasteiger partial charge in [0.15, 0.2) is 0 Å². The van der Waals surface area contributed by atoms with Crippen molar-refractivity contribution in [1.29, 1.82) is 0 Å². The number of phenols is 1. The maximum Gasteiger partial charge on any atom is 0.387 e. The van der Waals surface area contributed by atoms with E-state index in [0.29, 0.717) is 22.1 Å². The normalized spacial score (nSPS) is 11.7. The lowest BCUT2D eigenvalue weighted by molar-refractivity contribution is -0.0509. The number of aromatic hydroxyl groups is 1. The molecule has 6 nitrogen and oxygen atoms in total. The molecule has 3 rings (SSSR count). The van der Waals surface area contributed by atoms with Gasteiger partial charge in [-0.2, -0.15) is 8.78 Å². The minimum absolute atomic E-state index is 0.0144. The van der Waals surface area contributed by atoms with Crippen LogP contribution in [0.1, 0.15) is 31.1 Å². The number of methoxy groups -OCH3 is 1. The molecule has 154 valence electrons. The van der Waals surface area contributed by atoms with Crippen LogP contribution in [0, 0.1) is 0 Å². The van der Waals surface area contributed by atoms with Gasteiger partial charge in [-0.25, -0.2) is 4.79 Å². The molecule has 0 aliphatic rings. The topological polar surface area (TPSA) is 78.1 Å². The molecule has 0 bridgehead atoms. The Bertz CT molecular complexity index is 1050. The number of alkyl halides is 2. The predicted octanol–water partition coefficient (Wildman–Crippen LogP) is 5.37. The predicted molar refractivity (Wildman–Crippen MR) is 102 cm³/mol. The third-order valence-corrected chi connectivity index (χ3v) is 3.98. The molecule has 0 aliphatic carbocycles. The van der Waals surface area contributed by atoms with Crippen molar-refractivity contribution in [2.24, 2.45) is 0 Å². The minimum Gasteiger partial charge on any atom is -0.508 e. The molecule has 2 aromatic carbocycles. The third kappa shape index (κ3) is 4.42. The Hall–Kier alpha value is -3.29. The van der Waals surface area contributed by atoms with Crippen LogP contribution in [0.4, 0.5) is 8.78 Å². The van der Waals surface area contributed by atoms with Crippen molar-refractivity contribution in [3.63, 3.8) is 0 Å². The second-order valence-corrected chi connectivity index (χ2v) is 7.26. The van der Waals surface area contributed by atoms with Crippen LogP contribution in [-0.2, 0) is 4.74 Å². The third-order valence-electron chi connectivity index (χ3n) is 3.98. The number of esters is 1. The molecule has 0 unspecified atom stereocenters. The van der Waals surface area contributed by atoms with Gasteiger partial charge in [0.25, 0.3) is 0 Å². The molecule has 1 N–H and O–H groups in total. The summed E-state index contributed by atoms with van der Waals surface area (Å²) in [6, 6.07) is 7.34. The van der Waals surface area contributed by atoms with Crippen LogP contribution in [-0.4, -0.2) is 30.4 Å². The zero-order valence-corrected chi connectivity index (χ0v) is 16.3. The molecule has 1 aromatic heterocycles. The standard InChI is InChI=1S/C21H20F2O6/c1-21(2,3)29-19(25)18-16(26-4)7-11(8-17(18)28-20(22)23)14-10-27-15-9-12(24)5-6-13(14)15/h5-10,20,24H,1-4H3. The second-order valence-electron chi connectivity index (χ2n) is 7.26. The average molecular weight is 406 g/mol. The molecule has 0 aliphatic heterocycles. The SMILES string of the molecule is COc1cc(-c2coc3cc(O)ccc23)cc(OC(F)F)c1C(=O)OC(C)(C)C. The number of hydrogen-bond acceptors (Lipinski definition) is 6. The van der Waals surface area contributed by atoms with Crippen LogP contribution >= 0.6 is 0 Å². The summed E-state index contributed by atoms with van der Waals surface area (Å²) in [5.74, 6) is -1.19. The van der Waals surface area contributed by atoms with E-state index in [4.69, 9.17) is 13.9 Å². The number of furan rings is 1. The quantitative estimate of drug-likeness (QED) is 0.574. The van der Waals surface area contributed by atoms with E-state index in [1.54, 1.807) is 26.8 Å². The molecule has 0 saturated carbocycles. The highest BCUT2D eigenvalue weighted by atomic mass is 19.3. The zero-order valence-electron chi connectivity index (χ0n) is 16.3. The molecule has 1 heterocycles. The Labute approximate surface area is 165 Å². The van der Waals surface area contributed by atoms with Crippen LogP contribution in [0.2, 0.25) is 0 Å². The van der Waals surface area contributed by atoms with Crippen molar-refractivity contribution < 1.29 is 37.3 Å². The molecule has 0 saturated heterocycles. The maximum atomic E-state index is 13.0. The highest BCUT2D eigenvalue weighted by Crippen LogP contribution is 2.40. The Balaban J connectivity index is 2.18. The summed E-state index contributed by atoms with van der Waals surface area (Å²) >= 11 is 0. The first-order chi connectivity index (χ1) is 13.6. The summed E-state index contributed by atoms with van der Waals surface area (Å²) in [5, 5.41) is 10.2. The number of benzene rings is 2. The van der Waals surface area contributed by atoms with E-state index < -0.39 is 18.2 Å². The van der Waals surface area contributed by atoms with Gasteiger partial charge in [-0.3, -0.25) is 0 Å². The van der Waals surface area contributed by atoms with E-state index in [-0.39, 0.29) is 22.8 Å². The number of phenolic OH excluding ortho intramolecular Hbond substituents is 1. The molecule has 0 amide bonds. The molecule has 3 aromatic rings. The van der Waals surface area contributed by atoms with Crippen molar-refractivity contribution in [2.45, 2.75) is 33.0 Å². The smallest absolute Gasteiger partial charge is 0.387 e. The van der Waals surface area contributed by atoms with Gasteiger partial charge in [0.2, 0.25) is 0 Å². The highest BCUT2D eigenvalue weighted by molar-refractivity contribution is 6.00. The summed E-state index contributed by atoms with van der Waals surface area (Å²) < 4.78 is 46.7. The van der Waals surface area contributed by atoms with E-state index >= 15 is 0 Å². The van der Waals surface area contributed by atoms with E-state index in [2.05, 4.69) is 4.74 Å². The van der Waals surface area contributed by atoms with Crippen molar-refractivity contribution >= 4 is 16.9 Å². The largest absolute Gasteiger partial charge is 0.508 e. The van der Waals surface area contributed by atoms with Gasteiger partial charge in [0.05, 0.1) is 13.4 Å². The summed E-state index contributed by atoms with van der Waals surface area (Å²) in [6.07, 6.45) is 1.41. The fraction of sp³-hybridized carbons (Fsp3) is 0.286. The fourth-order valence-corrected chi connectivity index (χ4v) is 2.87. The summed E-state index contributed by atoms with van der Waals surface area (Å²) in [4.78, 5) is 12.6. The second kappa shape index (κ2) is 7.62.